The van der Waals surface area contributed by atoms with Crippen molar-refractivity contribution in [2.24, 2.45) is 0 Å². The topological polar surface area (TPSA) is 70.5 Å². The quantitative estimate of drug-likeness (QED) is 0.539. The Morgan fingerprint density at radius 2 is 2.05 bits per heavy atom. The second-order valence-electron chi connectivity index (χ2n) is 7.05. The number of nitrogens with one attached hydrogen (secondary N) is 2. The van der Waals surface area contributed by atoms with Gasteiger partial charge in [-0.25, -0.2) is 0 Å². The maximum atomic E-state index is 12.5. The molecule has 0 aromatic carbocycles. The summed E-state index contributed by atoms with van der Waals surface area (Å²) in [7, 11) is 0. The highest BCUT2D eigenvalue weighted by atomic mass is 16.2. The molecule has 2 saturated heterocycles. The molecule has 0 unspecified atom stereocenters. The third kappa shape index (κ3) is 3.43. The number of hydrogen-bond donors (Lipinski definition) is 3. The van der Waals surface area contributed by atoms with Gasteiger partial charge in [0.2, 0.25) is 5.91 Å². The molecule has 22 heavy (non-hydrogen) atoms. The molecule has 0 aromatic heterocycles. The lowest BCUT2D eigenvalue weighted by Crippen LogP contribution is -3.14. The average molecular weight is 310 g/mol. The number of hydrogen-bond acceptors (Lipinski definition) is 2. The third-order valence-corrected chi connectivity index (χ3v) is 5.68. The van der Waals surface area contributed by atoms with Crippen LogP contribution in [0.1, 0.15) is 39.0 Å². The molecule has 3 fully saturated rings. The van der Waals surface area contributed by atoms with E-state index in [1.807, 2.05) is 4.90 Å². The minimum Gasteiger partial charge on any atom is -0.342 e. The predicted molar refractivity (Wildman–Crippen MR) is 82.3 cm³/mol. The van der Waals surface area contributed by atoms with Crippen LogP contribution in [0, 0.1) is 0 Å². The Morgan fingerprint density at radius 1 is 1.32 bits per heavy atom. The van der Waals surface area contributed by atoms with Crippen LogP contribution in [-0.4, -0.2) is 67.6 Å². The van der Waals surface area contributed by atoms with Crippen molar-refractivity contribution in [3.05, 3.63) is 0 Å². The van der Waals surface area contributed by atoms with Crippen molar-refractivity contribution in [2.75, 3.05) is 32.7 Å². The molecule has 1 saturated carbocycles. The zero-order valence-electron chi connectivity index (χ0n) is 13.6. The molecule has 6 nitrogen and oxygen atoms in total. The van der Waals surface area contributed by atoms with Gasteiger partial charge in [-0.1, -0.05) is 6.42 Å². The highest BCUT2D eigenvalue weighted by molar-refractivity contribution is 5.87. The first-order chi connectivity index (χ1) is 10.7. The number of likely N-dealkylation sites (N-methyl/N-ethyl adjacent to an activating group) is 1. The van der Waals surface area contributed by atoms with Gasteiger partial charge >= 0.3 is 0 Å². The van der Waals surface area contributed by atoms with Crippen molar-refractivity contribution in [1.29, 1.82) is 0 Å². The van der Waals surface area contributed by atoms with E-state index in [1.54, 1.807) is 4.90 Å². The molecular weight excluding hydrogens is 280 g/mol. The molecule has 0 aromatic rings. The zero-order chi connectivity index (χ0) is 15.5. The monoisotopic (exact) mass is 310 g/mol. The molecule has 0 spiro atoms. The van der Waals surface area contributed by atoms with Gasteiger partial charge in [0.1, 0.15) is 6.04 Å². The summed E-state index contributed by atoms with van der Waals surface area (Å²) in [6, 6.07) is 0.582. The molecule has 2 amide bonds. The highest BCUT2D eigenvalue weighted by Gasteiger charge is 2.41. The van der Waals surface area contributed by atoms with E-state index in [1.165, 1.54) is 12.8 Å². The fourth-order valence-electron chi connectivity index (χ4n) is 4.15. The van der Waals surface area contributed by atoms with Crippen molar-refractivity contribution in [3.63, 3.8) is 0 Å². The minimum absolute atomic E-state index is 0.0642. The lowest BCUT2D eigenvalue weighted by molar-refractivity contribution is -0.902. The Hall–Kier alpha value is -1.14. The van der Waals surface area contributed by atoms with Crippen LogP contribution in [-0.2, 0) is 9.59 Å². The normalized spacial score (nSPS) is 33.2. The van der Waals surface area contributed by atoms with Crippen LogP contribution in [0.25, 0.3) is 0 Å². The van der Waals surface area contributed by atoms with Gasteiger partial charge in [0.15, 0.2) is 6.04 Å². The van der Waals surface area contributed by atoms with Crippen LogP contribution < -0.4 is 15.5 Å². The molecule has 2 aliphatic heterocycles. The number of fused-ring (bicyclic) bond motifs is 1. The number of nitrogens with zero attached hydrogens (tertiary/aromatic N) is 1. The summed E-state index contributed by atoms with van der Waals surface area (Å²) in [6.07, 6.45) is 5.07. The van der Waals surface area contributed by atoms with Gasteiger partial charge in [-0.3, -0.25) is 9.59 Å². The van der Waals surface area contributed by atoms with Gasteiger partial charge in [0, 0.05) is 6.42 Å². The van der Waals surface area contributed by atoms with Gasteiger partial charge in [0.25, 0.3) is 5.91 Å². The van der Waals surface area contributed by atoms with Gasteiger partial charge in [-0.05, 0) is 19.8 Å². The molecule has 2 heterocycles. The lowest BCUT2D eigenvalue weighted by Gasteiger charge is -2.38. The van der Waals surface area contributed by atoms with E-state index in [9.17, 15) is 9.59 Å². The Bertz CT molecular complexity index is 420. The highest BCUT2D eigenvalue weighted by Crippen LogP contribution is 2.18. The lowest BCUT2D eigenvalue weighted by atomic mass is 9.87. The molecule has 4 N–H and O–H groups in total. The molecule has 3 aliphatic rings. The summed E-state index contributed by atoms with van der Waals surface area (Å²) in [5.41, 5.74) is 0. The van der Waals surface area contributed by atoms with Gasteiger partial charge < -0.3 is 20.4 Å². The van der Waals surface area contributed by atoms with Crippen LogP contribution in [0.4, 0.5) is 0 Å². The summed E-state index contributed by atoms with van der Waals surface area (Å²) in [5, 5.41) is 5.32. The predicted octanol–water partition coefficient (Wildman–Crippen LogP) is -2.50. The molecule has 124 valence electrons. The standard InChI is InChI=1S/C16H28N4O2/c1-2-19-7-9-20(10-8-19)15(21)11-14-16(22)18-13-6-4-3-5-12(13)17-14/h12-14,17H,2-11H2,1H3,(H,18,22)/p+2/t12-,13+,14+/m1/s1. The van der Waals surface area contributed by atoms with Crippen molar-refractivity contribution in [2.45, 2.75) is 57.2 Å². The molecule has 3 rings (SSSR count). The van der Waals surface area contributed by atoms with Crippen LogP contribution in [0.15, 0.2) is 0 Å². The number of carbonyl (C=O) groups is 2. The maximum absolute atomic E-state index is 12.5. The summed E-state index contributed by atoms with van der Waals surface area (Å²) >= 11 is 0. The summed E-state index contributed by atoms with van der Waals surface area (Å²) in [6.45, 7) is 7.06. The molecular formula is C16H30N4O2+2. The number of nitrogens with two attached hydrogens (primary N) is 1. The van der Waals surface area contributed by atoms with Gasteiger partial charge in [-0.2, -0.15) is 0 Å². The molecule has 0 radical (unpaired) electrons. The van der Waals surface area contributed by atoms with Gasteiger partial charge in [0.05, 0.1) is 45.2 Å². The Balaban J connectivity index is 1.51. The number of quaternary nitrogens is 2. The fourth-order valence-corrected chi connectivity index (χ4v) is 4.15. The zero-order valence-corrected chi connectivity index (χ0v) is 13.6. The molecule has 1 aliphatic carbocycles. The molecule has 6 heteroatoms. The smallest absolute Gasteiger partial charge is 0.279 e. The maximum Gasteiger partial charge on any atom is 0.279 e. The van der Waals surface area contributed by atoms with Crippen LogP contribution in [0.5, 0.6) is 0 Å². The Labute approximate surface area is 132 Å². The van der Waals surface area contributed by atoms with Crippen molar-refractivity contribution in [3.8, 4) is 0 Å². The average Bonchev–Trinajstić information content (AvgIpc) is 2.55. The molecule has 0 bridgehead atoms. The van der Waals surface area contributed by atoms with Gasteiger partial charge in [-0.15, -0.1) is 0 Å². The third-order valence-electron chi connectivity index (χ3n) is 5.68. The number of rotatable bonds is 3. The second-order valence-corrected chi connectivity index (χ2v) is 7.05. The van der Waals surface area contributed by atoms with E-state index in [0.29, 0.717) is 18.5 Å². The second kappa shape index (κ2) is 6.96. The van der Waals surface area contributed by atoms with E-state index in [-0.39, 0.29) is 17.9 Å². The summed E-state index contributed by atoms with van der Waals surface area (Å²) in [5.74, 6) is 0.218. The largest absolute Gasteiger partial charge is 0.342 e. The van der Waals surface area contributed by atoms with Crippen molar-refractivity contribution in [1.82, 2.24) is 10.2 Å². The van der Waals surface area contributed by atoms with Crippen molar-refractivity contribution >= 4 is 11.8 Å². The first kappa shape index (κ1) is 15.7. The SMILES string of the molecule is CC[NH+]1CCN(C(=O)C[C@@H]2[NH2+][C@@H]3CCCC[C@@H]3NC2=O)CC1. The summed E-state index contributed by atoms with van der Waals surface area (Å²) in [4.78, 5) is 28.2. The summed E-state index contributed by atoms with van der Waals surface area (Å²) < 4.78 is 0. The fraction of sp³-hybridized carbons (Fsp3) is 0.875. The Kier molecular flexibility index (Phi) is 4.98. The van der Waals surface area contributed by atoms with E-state index in [4.69, 9.17) is 0 Å². The first-order valence-electron chi connectivity index (χ1n) is 8.94. The van der Waals surface area contributed by atoms with E-state index >= 15 is 0 Å². The Morgan fingerprint density at radius 3 is 2.77 bits per heavy atom. The van der Waals surface area contributed by atoms with Crippen LogP contribution >= 0.6 is 0 Å². The minimum atomic E-state index is -0.219. The van der Waals surface area contributed by atoms with Crippen molar-refractivity contribution < 1.29 is 19.8 Å². The molecule has 3 atom stereocenters. The number of piperazine rings is 2. The number of amides is 2. The van der Waals surface area contributed by atoms with Crippen LogP contribution in [0.2, 0.25) is 0 Å². The first-order valence-corrected chi connectivity index (χ1v) is 8.94. The van der Waals surface area contributed by atoms with E-state index < -0.39 is 0 Å². The van der Waals surface area contributed by atoms with E-state index in [0.717, 1.165) is 45.6 Å². The van der Waals surface area contributed by atoms with Crippen LogP contribution in [0.3, 0.4) is 0 Å². The number of carbonyl (C=O) groups excluding carboxylic acids is 2. The van der Waals surface area contributed by atoms with E-state index in [2.05, 4.69) is 17.6 Å².